The van der Waals surface area contributed by atoms with Crippen LogP contribution >= 0.6 is 0 Å². The van der Waals surface area contributed by atoms with Crippen molar-refractivity contribution in [2.24, 2.45) is 0 Å². The number of likely N-dealkylation sites (N-methyl/N-ethyl adjacent to an activating group) is 1. The van der Waals surface area contributed by atoms with E-state index in [1.54, 1.807) is 32.4 Å². The number of esters is 1. The minimum absolute atomic E-state index is 0.262. The SMILES string of the molecule is COc1cccc(OC)c1OC(=O)CCCN1CCN(C)CC1. The second-order valence-corrected chi connectivity index (χ2v) is 5.71. The molecule has 1 aliphatic rings. The summed E-state index contributed by atoms with van der Waals surface area (Å²) in [6.07, 6.45) is 1.17. The van der Waals surface area contributed by atoms with Crippen LogP contribution in [-0.2, 0) is 4.79 Å². The van der Waals surface area contributed by atoms with E-state index in [-0.39, 0.29) is 5.97 Å². The molecule has 0 saturated carbocycles. The van der Waals surface area contributed by atoms with Crippen LogP contribution in [0.1, 0.15) is 12.8 Å². The summed E-state index contributed by atoms with van der Waals surface area (Å²) in [6.45, 7) is 5.22. The number of piperazine rings is 1. The maximum atomic E-state index is 12.1. The summed E-state index contributed by atoms with van der Waals surface area (Å²) >= 11 is 0. The van der Waals surface area contributed by atoms with E-state index in [2.05, 4.69) is 16.8 Å². The van der Waals surface area contributed by atoms with Gasteiger partial charge in [0.1, 0.15) is 0 Å². The van der Waals surface area contributed by atoms with Crippen LogP contribution in [0.4, 0.5) is 0 Å². The summed E-state index contributed by atoms with van der Waals surface area (Å²) in [7, 11) is 5.22. The summed E-state index contributed by atoms with van der Waals surface area (Å²) in [5.74, 6) is 1.08. The number of carbonyl (C=O) groups excluding carboxylic acids is 1. The third-order valence-corrected chi connectivity index (χ3v) is 4.05. The Hall–Kier alpha value is -1.79. The fourth-order valence-corrected chi connectivity index (χ4v) is 2.60. The Kier molecular flexibility index (Phi) is 6.67. The van der Waals surface area contributed by atoms with Gasteiger partial charge in [-0.05, 0) is 32.1 Å². The summed E-state index contributed by atoms with van der Waals surface area (Å²) < 4.78 is 15.9. The molecule has 0 N–H and O–H groups in total. The van der Waals surface area contributed by atoms with Gasteiger partial charge in [-0.1, -0.05) is 6.07 Å². The maximum absolute atomic E-state index is 12.1. The lowest BCUT2D eigenvalue weighted by Gasteiger charge is -2.32. The van der Waals surface area contributed by atoms with Gasteiger partial charge in [0.2, 0.25) is 5.75 Å². The number of para-hydroxylation sites is 1. The molecule has 23 heavy (non-hydrogen) atoms. The number of rotatable bonds is 7. The van der Waals surface area contributed by atoms with Crippen molar-refractivity contribution in [3.63, 3.8) is 0 Å². The highest BCUT2D eigenvalue weighted by molar-refractivity contribution is 5.74. The van der Waals surface area contributed by atoms with E-state index < -0.39 is 0 Å². The molecule has 128 valence electrons. The molecule has 1 aliphatic heterocycles. The molecule has 1 fully saturated rings. The van der Waals surface area contributed by atoms with Gasteiger partial charge in [0.05, 0.1) is 14.2 Å². The van der Waals surface area contributed by atoms with Gasteiger partial charge in [-0.15, -0.1) is 0 Å². The van der Waals surface area contributed by atoms with Crippen LogP contribution in [0.5, 0.6) is 17.2 Å². The van der Waals surface area contributed by atoms with Gasteiger partial charge >= 0.3 is 5.97 Å². The minimum atomic E-state index is -0.262. The summed E-state index contributed by atoms with van der Waals surface area (Å²) in [5, 5.41) is 0. The highest BCUT2D eigenvalue weighted by Crippen LogP contribution is 2.36. The molecule has 0 radical (unpaired) electrons. The number of ether oxygens (including phenoxy) is 3. The lowest BCUT2D eigenvalue weighted by atomic mass is 10.2. The van der Waals surface area contributed by atoms with E-state index in [0.717, 1.165) is 39.1 Å². The van der Waals surface area contributed by atoms with Gasteiger partial charge in [0.25, 0.3) is 0 Å². The second kappa shape index (κ2) is 8.74. The molecule has 2 rings (SSSR count). The molecule has 0 amide bonds. The summed E-state index contributed by atoms with van der Waals surface area (Å²) in [5.41, 5.74) is 0. The number of benzene rings is 1. The van der Waals surface area contributed by atoms with E-state index in [0.29, 0.717) is 23.7 Å². The Balaban J connectivity index is 1.81. The van der Waals surface area contributed by atoms with Crippen LogP contribution in [0.3, 0.4) is 0 Å². The molecule has 0 atom stereocenters. The third kappa shape index (κ3) is 5.11. The van der Waals surface area contributed by atoms with E-state index in [4.69, 9.17) is 14.2 Å². The zero-order valence-corrected chi connectivity index (χ0v) is 14.2. The molecular weight excluding hydrogens is 296 g/mol. The lowest BCUT2D eigenvalue weighted by molar-refractivity contribution is -0.134. The highest BCUT2D eigenvalue weighted by atomic mass is 16.6. The van der Waals surface area contributed by atoms with Gasteiger partial charge in [0, 0.05) is 32.6 Å². The molecule has 0 unspecified atom stereocenters. The van der Waals surface area contributed by atoms with Crippen molar-refractivity contribution >= 4 is 5.97 Å². The Morgan fingerprint density at radius 3 is 2.26 bits per heavy atom. The summed E-state index contributed by atoms with van der Waals surface area (Å²) in [6, 6.07) is 5.28. The normalized spacial score (nSPS) is 16.1. The number of carbonyl (C=O) groups is 1. The lowest BCUT2D eigenvalue weighted by Crippen LogP contribution is -2.44. The molecule has 1 aromatic carbocycles. The van der Waals surface area contributed by atoms with Crippen molar-refractivity contribution in [1.82, 2.24) is 9.80 Å². The van der Waals surface area contributed by atoms with Crippen LogP contribution < -0.4 is 14.2 Å². The zero-order chi connectivity index (χ0) is 16.7. The van der Waals surface area contributed by atoms with Crippen molar-refractivity contribution in [3.8, 4) is 17.2 Å². The molecule has 1 aromatic rings. The molecule has 0 aliphatic carbocycles. The van der Waals surface area contributed by atoms with Gasteiger partial charge in [-0.2, -0.15) is 0 Å². The number of hydrogen-bond donors (Lipinski definition) is 0. The molecule has 0 aromatic heterocycles. The minimum Gasteiger partial charge on any atom is -0.493 e. The fourth-order valence-electron chi connectivity index (χ4n) is 2.60. The fraction of sp³-hybridized carbons (Fsp3) is 0.588. The van der Waals surface area contributed by atoms with E-state index >= 15 is 0 Å². The molecule has 1 heterocycles. The van der Waals surface area contributed by atoms with Crippen LogP contribution in [0.2, 0.25) is 0 Å². The van der Waals surface area contributed by atoms with Crippen LogP contribution in [0.15, 0.2) is 18.2 Å². The highest BCUT2D eigenvalue weighted by Gasteiger charge is 2.17. The van der Waals surface area contributed by atoms with E-state index in [9.17, 15) is 4.79 Å². The predicted octanol–water partition coefficient (Wildman–Crippen LogP) is 1.64. The van der Waals surface area contributed by atoms with E-state index in [1.165, 1.54) is 0 Å². The molecule has 0 spiro atoms. The maximum Gasteiger partial charge on any atom is 0.311 e. The molecule has 1 saturated heterocycles. The van der Waals surface area contributed by atoms with Crippen molar-refractivity contribution in [2.45, 2.75) is 12.8 Å². The summed E-state index contributed by atoms with van der Waals surface area (Å²) in [4.78, 5) is 16.8. The van der Waals surface area contributed by atoms with Crippen molar-refractivity contribution in [2.75, 3.05) is 54.0 Å². The van der Waals surface area contributed by atoms with Crippen molar-refractivity contribution in [3.05, 3.63) is 18.2 Å². The van der Waals surface area contributed by atoms with E-state index in [1.807, 2.05) is 0 Å². The first-order valence-electron chi connectivity index (χ1n) is 7.96. The Labute approximate surface area is 137 Å². The zero-order valence-electron chi connectivity index (χ0n) is 14.2. The quantitative estimate of drug-likeness (QED) is 0.562. The molecule has 6 nitrogen and oxygen atoms in total. The molecule has 6 heteroatoms. The van der Waals surface area contributed by atoms with Crippen molar-refractivity contribution in [1.29, 1.82) is 0 Å². The average Bonchev–Trinajstić information content (AvgIpc) is 2.57. The number of nitrogens with zero attached hydrogens (tertiary/aromatic N) is 2. The first-order valence-corrected chi connectivity index (χ1v) is 7.96. The van der Waals surface area contributed by atoms with Crippen molar-refractivity contribution < 1.29 is 19.0 Å². The molecule has 0 bridgehead atoms. The first kappa shape index (κ1) is 17.6. The first-order chi connectivity index (χ1) is 11.1. The third-order valence-electron chi connectivity index (χ3n) is 4.05. The Morgan fingerprint density at radius 1 is 1.09 bits per heavy atom. The average molecular weight is 322 g/mol. The smallest absolute Gasteiger partial charge is 0.311 e. The van der Waals surface area contributed by atoms with Gasteiger partial charge < -0.3 is 24.0 Å². The molecular formula is C17H26N2O4. The van der Waals surface area contributed by atoms with Crippen LogP contribution in [0, 0.1) is 0 Å². The topological polar surface area (TPSA) is 51.2 Å². The van der Waals surface area contributed by atoms with Crippen LogP contribution in [0.25, 0.3) is 0 Å². The number of methoxy groups -OCH3 is 2. The predicted molar refractivity (Wildman–Crippen MR) is 88.4 cm³/mol. The number of hydrogen-bond acceptors (Lipinski definition) is 6. The monoisotopic (exact) mass is 322 g/mol. The van der Waals surface area contributed by atoms with Gasteiger partial charge in [-0.25, -0.2) is 0 Å². The standard InChI is InChI=1S/C17H26N2O4/c1-18-10-12-19(13-11-18)9-5-8-16(20)23-17-14(21-2)6-4-7-15(17)22-3/h4,6-7H,5,8-13H2,1-3H3. The second-order valence-electron chi connectivity index (χ2n) is 5.71. The van der Waals surface area contributed by atoms with Crippen LogP contribution in [-0.4, -0.2) is 69.8 Å². The van der Waals surface area contributed by atoms with Gasteiger partial charge in [-0.3, -0.25) is 4.79 Å². The largest absolute Gasteiger partial charge is 0.493 e. The van der Waals surface area contributed by atoms with Gasteiger partial charge in [0.15, 0.2) is 11.5 Å². The Bertz CT molecular complexity index is 491. The Morgan fingerprint density at radius 2 is 1.70 bits per heavy atom.